The van der Waals surface area contributed by atoms with Crippen molar-refractivity contribution in [2.24, 2.45) is 0 Å². The van der Waals surface area contributed by atoms with E-state index in [-0.39, 0.29) is 5.91 Å². The van der Waals surface area contributed by atoms with E-state index in [2.05, 4.69) is 15.3 Å². The summed E-state index contributed by atoms with van der Waals surface area (Å²) in [5.74, 6) is 0.108. The fourth-order valence-corrected chi connectivity index (χ4v) is 3.54. The number of aryl methyl sites for hydroxylation is 1. The molecule has 2 N–H and O–H groups in total. The average Bonchev–Trinajstić information content (AvgIpc) is 3.16. The molecule has 0 aliphatic heterocycles. The smallest absolute Gasteiger partial charge is 0.251 e. The zero-order chi connectivity index (χ0) is 21.8. The Balaban J connectivity index is 1.35. The summed E-state index contributed by atoms with van der Waals surface area (Å²) in [5.41, 5.74) is 3.67. The number of carbonyl (C=O) groups is 1. The van der Waals surface area contributed by atoms with Gasteiger partial charge in [-0.1, -0.05) is 23.7 Å². The van der Waals surface area contributed by atoms with Crippen molar-refractivity contribution in [1.29, 1.82) is 0 Å². The molecule has 4 aromatic rings. The number of nitrogens with one attached hydrogen (secondary N) is 2. The van der Waals surface area contributed by atoms with Crippen LogP contribution in [0.25, 0.3) is 10.9 Å². The minimum Gasteiger partial charge on any atom is -0.487 e. The van der Waals surface area contributed by atoms with E-state index in [4.69, 9.17) is 16.3 Å². The van der Waals surface area contributed by atoms with Crippen molar-refractivity contribution >= 4 is 28.4 Å². The maximum atomic E-state index is 14.0. The number of aromatic amines is 1. The maximum absolute atomic E-state index is 14.0. The summed E-state index contributed by atoms with van der Waals surface area (Å²) in [6.07, 6.45) is 3.97. The molecule has 2 aromatic carbocycles. The largest absolute Gasteiger partial charge is 0.487 e. The Labute approximate surface area is 184 Å². The van der Waals surface area contributed by atoms with E-state index in [9.17, 15) is 9.18 Å². The van der Waals surface area contributed by atoms with Crippen molar-refractivity contribution in [3.8, 4) is 5.75 Å². The van der Waals surface area contributed by atoms with Gasteiger partial charge in [-0.2, -0.15) is 0 Å². The van der Waals surface area contributed by atoms with E-state index in [1.54, 1.807) is 30.6 Å². The van der Waals surface area contributed by atoms with Gasteiger partial charge in [0.15, 0.2) is 0 Å². The van der Waals surface area contributed by atoms with Crippen molar-refractivity contribution in [2.45, 2.75) is 20.0 Å². The quantitative estimate of drug-likeness (QED) is 0.416. The van der Waals surface area contributed by atoms with Crippen LogP contribution in [0.2, 0.25) is 5.02 Å². The van der Waals surface area contributed by atoms with Gasteiger partial charge in [-0.3, -0.25) is 9.78 Å². The van der Waals surface area contributed by atoms with E-state index >= 15 is 0 Å². The van der Waals surface area contributed by atoms with Gasteiger partial charge in [-0.05, 0) is 60.9 Å². The van der Waals surface area contributed by atoms with Crippen molar-refractivity contribution in [2.75, 3.05) is 6.54 Å². The van der Waals surface area contributed by atoms with Crippen LogP contribution < -0.4 is 10.1 Å². The molecule has 0 unspecified atom stereocenters. The Bertz CT molecular complexity index is 1220. The van der Waals surface area contributed by atoms with E-state index in [1.807, 2.05) is 31.2 Å². The number of nitrogens with zero attached hydrogens (tertiary/aromatic N) is 1. The summed E-state index contributed by atoms with van der Waals surface area (Å²) < 4.78 is 19.7. The number of aromatic nitrogens is 2. The second-order valence-electron chi connectivity index (χ2n) is 7.25. The van der Waals surface area contributed by atoms with Gasteiger partial charge >= 0.3 is 0 Å². The third-order valence-corrected chi connectivity index (χ3v) is 5.17. The Hall–Kier alpha value is -3.38. The Kier molecular flexibility index (Phi) is 6.18. The summed E-state index contributed by atoms with van der Waals surface area (Å²) in [4.78, 5) is 19.7. The molecule has 0 bridgehead atoms. The number of amides is 1. The molecular formula is C24H21ClFN3O2. The molecule has 5 nitrogen and oxygen atoms in total. The maximum Gasteiger partial charge on any atom is 0.251 e. The second kappa shape index (κ2) is 9.18. The minimum absolute atomic E-state index is 0.178. The zero-order valence-corrected chi connectivity index (χ0v) is 17.7. The van der Waals surface area contributed by atoms with Crippen molar-refractivity contribution < 1.29 is 13.9 Å². The van der Waals surface area contributed by atoms with Gasteiger partial charge in [-0.15, -0.1) is 0 Å². The molecule has 0 aliphatic rings. The highest BCUT2D eigenvalue weighted by molar-refractivity contribution is 6.31. The fourth-order valence-electron chi connectivity index (χ4n) is 3.34. The molecule has 4 rings (SSSR count). The average molecular weight is 438 g/mol. The summed E-state index contributed by atoms with van der Waals surface area (Å²) in [6.45, 7) is 2.67. The van der Waals surface area contributed by atoms with Crippen LogP contribution in [0.5, 0.6) is 5.75 Å². The molecule has 0 saturated carbocycles. The third-order valence-electron chi connectivity index (χ3n) is 4.95. The van der Waals surface area contributed by atoms with Crippen molar-refractivity contribution in [3.63, 3.8) is 0 Å². The van der Waals surface area contributed by atoms with Gasteiger partial charge in [-0.25, -0.2) is 4.39 Å². The van der Waals surface area contributed by atoms with Gasteiger partial charge in [0.25, 0.3) is 5.91 Å². The topological polar surface area (TPSA) is 67.0 Å². The molecule has 158 valence electrons. The number of carbonyl (C=O) groups excluding carboxylic acids is 1. The van der Waals surface area contributed by atoms with Gasteiger partial charge in [0.2, 0.25) is 0 Å². The zero-order valence-electron chi connectivity index (χ0n) is 16.9. The van der Waals surface area contributed by atoms with Crippen LogP contribution >= 0.6 is 11.6 Å². The first-order valence-corrected chi connectivity index (χ1v) is 10.2. The van der Waals surface area contributed by atoms with Crippen molar-refractivity contribution in [3.05, 3.63) is 94.1 Å². The molecule has 0 atom stereocenters. The number of rotatable bonds is 7. The molecule has 0 saturated heterocycles. The van der Waals surface area contributed by atoms with Gasteiger partial charge in [0.05, 0.1) is 11.7 Å². The highest BCUT2D eigenvalue weighted by Crippen LogP contribution is 2.25. The molecule has 0 spiro atoms. The van der Waals surface area contributed by atoms with Gasteiger partial charge < -0.3 is 15.0 Å². The molecule has 1 amide bonds. The molecule has 31 heavy (non-hydrogen) atoms. The monoisotopic (exact) mass is 437 g/mol. The van der Waals surface area contributed by atoms with Gasteiger partial charge in [0, 0.05) is 34.4 Å². The molecule has 0 fully saturated rings. The number of H-pyrrole nitrogens is 1. The van der Waals surface area contributed by atoms with Crippen molar-refractivity contribution in [1.82, 2.24) is 15.3 Å². The number of fused-ring (bicyclic) bond motifs is 1. The number of ether oxygens (including phenoxy) is 1. The van der Waals surface area contributed by atoms with Gasteiger partial charge in [0.1, 0.15) is 18.2 Å². The highest BCUT2D eigenvalue weighted by Gasteiger charge is 2.11. The van der Waals surface area contributed by atoms with E-state index < -0.39 is 5.82 Å². The van der Waals surface area contributed by atoms with E-state index in [0.29, 0.717) is 41.4 Å². The first kappa shape index (κ1) is 20.9. The van der Waals surface area contributed by atoms with E-state index in [0.717, 1.165) is 22.2 Å². The SMILES string of the molecule is Cc1ccc(OCc2cccc(C(=O)NCCc3c[nH]c4c(F)cc(Cl)cc34)c2)cn1. The molecule has 2 heterocycles. The first-order chi connectivity index (χ1) is 15.0. The second-order valence-corrected chi connectivity index (χ2v) is 7.69. The predicted molar refractivity (Wildman–Crippen MR) is 119 cm³/mol. The Morgan fingerprint density at radius 1 is 1.23 bits per heavy atom. The summed E-state index contributed by atoms with van der Waals surface area (Å²) in [6, 6.07) is 14.0. The number of pyridine rings is 1. The van der Waals surface area contributed by atoms with Crippen LogP contribution in [0.1, 0.15) is 27.2 Å². The lowest BCUT2D eigenvalue weighted by molar-refractivity contribution is 0.0954. The fraction of sp³-hybridized carbons (Fsp3) is 0.167. The normalized spacial score (nSPS) is 10.9. The minimum atomic E-state index is -0.391. The summed E-state index contributed by atoms with van der Waals surface area (Å²) >= 11 is 5.97. The number of benzene rings is 2. The lowest BCUT2D eigenvalue weighted by atomic mass is 10.1. The van der Waals surface area contributed by atoms with Crippen LogP contribution in [0.15, 0.2) is 60.9 Å². The van der Waals surface area contributed by atoms with Crippen LogP contribution in [-0.2, 0) is 13.0 Å². The lowest BCUT2D eigenvalue weighted by Crippen LogP contribution is -2.25. The highest BCUT2D eigenvalue weighted by atomic mass is 35.5. The summed E-state index contributed by atoms with van der Waals surface area (Å²) in [7, 11) is 0. The number of hydrogen-bond donors (Lipinski definition) is 2. The molecule has 0 aliphatic carbocycles. The van der Waals surface area contributed by atoms with Crippen LogP contribution in [-0.4, -0.2) is 22.4 Å². The molecular weight excluding hydrogens is 417 g/mol. The molecule has 7 heteroatoms. The Morgan fingerprint density at radius 2 is 2.10 bits per heavy atom. The molecule has 2 aromatic heterocycles. The summed E-state index contributed by atoms with van der Waals surface area (Å²) in [5, 5.41) is 3.98. The molecule has 0 radical (unpaired) electrons. The predicted octanol–water partition coefficient (Wildman–Crippen LogP) is 5.22. The first-order valence-electron chi connectivity index (χ1n) is 9.87. The van der Waals surface area contributed by atoms with E-state index in [1.165, 1.54) is 6.07 Å². The number of hydrogen-bond acceptors (Lipinski definition) is 3. The van der Waals surface area contributed by atoms with Crippen LogP contribution in [0.3, 0.4) is 0 Å². The Morgan fingerprint density at radius 3 is 2.90 bits per heavy atom. The van der Waals surface area contributed by atoms with Crippen LogP contribution in [0, 0.1) is 12.7 Å². The third kappa shape index (κ3) is 5.03. The standard InChI is InChI=1S/C24H21ClFN3O2/c1-15-5-6-20(13-28-15)31-14-16-3-2-4-17(9-16)24(30)27-8-7-18-12-29-23-21(18)10-19(25)11-22(23)26/h2-6,9-13,29H,7-8,14H2,1H3,(H,27,30). The van der Waals surface area contributed by atoms with Crippen LogP contribution in [0.4, 0.5) is 4.39 Å². The number of halogens is 2. The lowest BCUT2D eigenvalue weighted by Gasteiger charge is -2.09.